The van der Waals surface area contributed by atoms with Crippen molar-refractivity contribution in [3.63, 3.8) is 0 Å². The molecular formula is C16H23NOS. The lowest BCUT2D eigenvalue weighted by atomic mass is 9.89. The Labute approximate surface area is 120 Å². The van der Waals surface area contributed by atoms with Crippen LogP contribution < -0.4 is 5.32 Å². The summed E-state index contributed by atoms with van der Waals surface area (Å²) in [4.78, 5) is 13.2. The summed E-state index contributed by atoms with van der Waals surface area (Å²) in [5.74, 6) is 1.63. The Morgan fingerprint density at radius 2 is 1.89 bits per heavy atom. The van der Waals surface area contributed by atoms with Gasteiger partial charge >= 0.3 is 0 Å². The molecule has 1 N–H and O–H groups in total. The average molecular weight is 277 g/mol. The third-order valence-corrected chi connectivity index (χ3v) is 4.71. The maximum atomic E-state index is 11.9. The summed E-state index contributed by atoms with van der Waals surface area (Å²) in [6.45, 7) is 0.815. The van der Waals surface area contributed by atoms with E-state index < -0.39 is 0 Å². The lowest BCUT2D eigenvalue weighted by Crippen LogP contribution is -2.32. The number of carbonyl (C=O) groups excluding carboxylic acids is 1. The monoisotopic (exact) mass is 277 g/mol. The van der Waals surface area contributed by atoms with Gasteiger partial charge in [-0.1, -0.05) is 37.5 Å². The first-order valence-electron chi connectivity index (χ1n) is 7.32. The van der Waals surface area contributed by atoms with Gasteiger partial charge in [0, 0.05) is 17.4 Å². The van der Waals surface area contributed by atoms with Crippen LogP contribution in [0.15, 0.2) is 35.2 Å². The molecule has 0 bridgehead atoms. The first-order chi connectivity index (χ1) is 9.36. The minimum Gasteiger partial charge on any atom is -0.356 e. The molecule has 0 atom stereocenters. The van der Waals surface area contributed by atoms with Crippen molar-refractivity contribution in [1.29, 1.82) is 0 Å². The second-order valence-electron chi connectivity index (χ2n) is 5.14. The number of rotatable bonds is 6. The van der Waals surface area contributed by atoms with Gasteiger partial charge in [-0.2, -0.15) is 0 Å². The molecule has 1 aliphatic rings. The standard InChI is InChI=1S/C16H23NOS/c18-16(14-8-3-1-4-9-14)17-12-7-13-19-15-10-5-2-6-11-15/h2,5-6,10-11,14H,1,3-4,7-9,12-13H2,(H,17,18). The zero-order chi connectivity index (χ0) is 13.3. The maximum Gasteiger partial charge on any atom is 0.223 e. The molecule has 0 heterocycles. The van der Waals surface area contributed by atoms with Crippen LogP contribution in [0.2, 0.25) is 0 Å². The van der Waals surface area contributed by atoms with Crippen LogP contribution in [0.3, 0.4) is 0 Å². The summed E-state index contributed by atoms with van der Waals surface area (Å²) in [7, 11) is 0. The Bertz CT molecular complexity index is 374. The van der Waals surface area contributed by atoms with Crippen LogP contribution in [0.25, 0.3) is 0 Å². The predicted octanol–water partition coefficient (Wildman–Crippen LogP) is 3.87. The number of hydrogen-bond donors (Lipinski definition) is 1. The highest BCUT2D eigenvalue weighted by Gasteiger charge is 2.20. The Morgan fingerprint density at radius 3 is 2.63 bits per heavy atom. The number of thioether (sulfide) groups is 1. The molecule has 1 aromatic carbocycles. The third kappa shape index (κ3) is 5.27. The fourth-order valence-corrected chi connectivity index (χ4v) is 3.37. The van der Waals surface area contributed by atoms with E-state index in [9.17, 15) is 4.79 Å². The first-order valence-corrected chi connectivity index (χ1v) is 8.30. The van der Waals surface area contributed by atoms with Crippen molar-refractivity contribution in [3.05, 3.63) is 30.3 Å². The van der Waals surface area contributed by atoms with Crippen LogP contribution in [0.4, 0.5) is 0 Å². The second kappa shape index (κ2) is 8.26. The van der Waals surface area contributed by atoms with Gasteiger partial charge in [0.25, 0.3) is 0 Å². The molecule has 19 heavy (non-hydrogen) atoms. The summed E-state index contributed by atoms with van der Waals surface area (Å²) in [6, 6.07) is 10.4. The molecule has 0 aromatic heterocycles. The largest absolute Gasteiger partial charge is 0.356 e. The number of hydrogen-bond acceptors (Lipinski definition) is 2. The molecule has 1 aromatic rings. The van der Waals surface area contributed by atoms with Gasteiger partial charge < -0.3 is 5.32 Å². The van der Waals surface area contributed by atoms with Gasteiger partial charge in [0.15, 0.2) is 0 Å². The molecule has 3 heteroatoms. The number of benzene rings is 1. The summed E-state index contributed by atoms with van der Waals surface area (Å²) in [5, 5.41) is 3.09. The molecule has 1 amide bonds. The van der Waals surface area contributed by atoms with E-state index in [0.717, 1.165) is 31.6 Å². The van der Waals surface area contributed by atoms with Crippen molar-refractivity contribution in [2.24, 2.45) is 5.92 Å². The van der Waals surface area contributed by atoms with Crippen LogP contribution in [-0.2, 0) is 4.79 Å². The molecule has 2 rings (SSSR count). The smallest absolute Gasteiger partial charge is 0.223 e. The minimum atomic E-state index is 0.282. The predicted molar refractivity (Wildman–Crippen MR) is 81.4 cm³/mol. The Hall–Kier alpha value is -0.960. The van der Waals surface area contributed by atoms with Gasteiger partial charge in [0.1, 0.15) is 0 Å². The van der Waals surface area contributed by atoms with Crippen LogP contribution in [0.5, 0.6) is 0 Å². The molecule has 0 radical (unpaired) electrons. The van der Waals surface area contributed by atoms with E-state index in [1.807, 2.05) is 17.8 Å². The van der Waals surface area contributed by atoms with Gasteiger partial charge in [0.05, 0.1) is 0 Å². The van der Waals surface area contributed by atoms with Crippen LogP contribution >= 0.6 is 11.8 Å². The SMILES string of the molecule is O=C(NCCCSc1ccccc1)C1CCCCC1. The van der Waals surface area contributed by atoms with Gasteiger partial charge in [-0.3, -0.25) is 4.79 Å². The van der Waals surface area contributed by atoms with E-state index in [0.29, 0.717) is 0 Å². The maximum absolute atomic E-state index is 11.9. The van der Waals surface area contributed by atoms with E-state index in [1.54, 1.807) is 0 Å². The van der Waals surface area contributed by atoms with Crippen molar-refractivity contribution < 1.29 is 4.79 Å². The van der Waals surface area contributed by atoms with E-state index in [-0.39, 0.29) is 11.8 Å². The van der Waals surface area contributed by atoms with Crippen molar-refractivity contribution in [2.45, 2.75) is 43.4 Å². The summed E-state index contributed by atoms with van der Waals surface area (Å²) >= 11 is 1.86. The van der Waals surface area contributed by atoms with Crippen LogP contribution in [0.1, 0.15) is 38.5 Å². The number of nitrogens with one attached hydrogen (secondary N) is 1. The van der Waals surface area contributed by atoms with Crippen molar-refractivity contribution in [1.82, 2.24) is 5.32 Å². The zero-order valence-electron chi connectivity index (χ0n) is 11.4. The highest BCUT2D eigenvalue weighted by Crippen LogP contribution is 2.23. The lowest BCUT2D eigenvalue weighted by molar-refractivity contribution is -0.125. The molecule has 1 saturated carbocycles. The molecular weight excluding hydrogens is 254 g/mol. The highest BCUT2D eigenvalue weighted by atomic mass is 32.2. The second-order valence-corrected chi connectivity index (χ2v) is 6.31. The molecule has 104 valence electrons. The summed E-state index contributed by atoms with van der Waals surface area (Å²) < 4.78 is 0. The van der Waals surface area contributed by atoms with E-state index in [2.05, 4.69) is 29.6 Å². The third-order valence-electron chi connectivity index (χ3n) is 3.61. The fourth-order valence-electron chi connectivity index (χ4n) is 2.50. The lowest BCUT2D eigenvalue weighted by Gasteiger charge is -2.20. The average Bonchev–Trinajstić information content (AvgIpc) is 2.49. The van der Waals surface area contributed by atoms with Gasteiger partial charge in [-0.15, -0.1) is 11.8 Å². The highest BCUT2D eigenvalue weighted by molar-refractivity contribution is 7.99. The summed E-state index contributed by atoms with van der Waals surface area (Å²) in [5.41, 5.74) is 0. The Morgan fingerprint density at radius 1 is 1.16 bits per heavy atom. The molecule has 0 saturated heterocycles. The van der Waals surface area contributed by atoms with Crippen molar-refractivity contribution in [3.8, 4) is 0 Å². The van der Waals surface area contributed by atoms with Crippen molar-refractivity contribution >= 4 is 17.7 Å². The van der Waals surface area contributed by atoms with Gasteiger partial charge in [-0.05, 0) is 37.1 Å². The Kier molecular flexibility index (Phi) is 6.28. The van der Waals surface area contributed by atoms with Gasteiger partial charge in [0.2, 0.25) is 5.91 Å². The molecule has 0 spiro atoms. The van der Waals surface area contributed by atoms with Gasteiger partial charge in [-0.25, -0.2) is 0 Å². The van der Waals surface area contributed by atoms with E-state index in [4.69, 9.17) is 0 Å². The number of carbonyl (C=O) groups is 1. The molecule has 2 nitrogen and oxygen atoms in total. The molecule has 1 fully saturated rings. The van der Waals surface area contributed by atoms with E-state index >= 15 is 0 Å². The van der Waals surface area contributed by atoms with E-state index in [1.165, 1.54) is 24.2 Å². The topological polar surface area (TPSA) is 29.1 Å². The first kappa shape index (κ1) is 14.4. The molecule has 0 aliphatic heterocycles. The van der Waals surface area contributed by atoms with Crippen molar-refractivity contribution in [2.75, 3.05) is 12.3 Å². The van der Waals surface area contributed by atoms with Crippen LogP contribution in [-0.4, -0.2) is 18.2 Å². The molecule has 0 unspecified atom stereocenters. The number of amides is 1. The Balaban J connectivity index is 1.55. The minimum absolute atomic E-state index is 0.282. The zero-order valence-corrected chi connectivity index (χ0v) is 12.3. The normalized spacial score (nSPS) is 16.2. The summed E-state index contributed by atoms with van der Waals surface area (Å²) in [6.07, 6.45) is 6.97. The van der Waals surface area contributed by atoms with Crippen LogP contribution in [0, 0.1) is 5.92 Å². The quantitative estimate of drug-likeness (QED) is 0.632. The fraction of sp³-hybridized carbons (Fsp3) is 0.562. The molecule has 1 aliphatic carbocycles.